The molecule has 21 heavy (non-hydrogen) atoms. The minimum atomic E-state index is -0.528. The van der Waals surface area contributed by atoms with Crippen LogP contribution in [0.4, 0.5) is 15.9 Å². The van der Waals surface area contributed by atoms with Crippen LogP contribution in [0.5, 0.6) is 0 Å². The van der Waals surface area contributed by atoms with E-state index in [0.717, 1.165) is 6.20 Å². The molecule has 0 radical (unpaired) electrons. The SMILES string of the molecule is O=Nc1c(-c2ccc([N+](=O)[O-])cc2)nc2ccc(F)cn12. The molecule has 104 valence electrons. The molecule has 0 amide bonds. The normalized spacial score (nSPS) is 10.7. The standard InChI is InChI=1S/C13H7FN4O3/c14-9-3-6-11-15-12(13(16-19)17(11)7-9)8-1-4-10(5-2-8)18(20)21/h1-7H. The second-order valence-electron chi connectivity index (χ2n) is 4.25. The Morgan fingerprint density at radius 3 is 2.52 bits per heavy atom. The van der Waals surface area contributed by atoms with E-state index in [1.807, 2.05) is 0 Å². The highest BCUT2D eigenvalue weighted by Gasteiger charge is 2.16. The molecule has 0 saturated carbocycles. The number of aromatic nitrogens is 2. The summed E-state index contributed by atoms with van der Waals surface area (Å²) in [5.74, 6) is -0.585. The number of halogens is 1. The molecule has 0 N–H and O–H groups in total. The fourth-order valence-corrected chi connectivity index (χ4v) is 2.03. The van der Waals surface area contributed by atoms with E-state index in [9.17, 15) is 19.4 Å². The third-order valence-corrected chi connectivity index (χ3v) is 3.00. The Bertz CT molecular complexity index is 858. The predicted octanol–water partition coefficient (Wildman–Crippen LogP) is 3.45. The van der Waals surface area contributed by atoms with Crippen LogP contribution in [0.15, 0.2) is 47.8 Å². The van der Waals surface area contributed by atoms with Gasteiger partial charge in [0.15, 0.2) is 0 Å². The highest BCUT2D eigenvalue weighted by Crippen LogP contribution is 2.31. The number of non-ortho nitro benzene ring substituents is 1. The van der Waals surface area contributed by atoms with Gasteiger partial charge in [0.2, 0.25) is 5.82 Å². The number of benzene rings is 1. The molecule has 0 atom stereocenters. The number of pyridine rings is 1. The lowest BCUT2D eigenvalue weighted by atomic mass is 10.1. The summed E-state index contributed by atoms with van der Waals surface area (Å²) >= 11 is 0. The largest absolute Gasteiger partial charge is 0.278 e. The van der Waals surface area contributed by atoms with E-state index in [1.54, 1.807) is 0 Å². The summed E-state index contributed by atoms with van der Waals surface area (Å²) < 4.78 is 14.5. The molecule has 0 fully saturated rings. The minimum absolute atomic E-state index is 0.0571. The van der Waals surface area contributed by atoms with E-state index in [0.29, 0.717) is 11.2 Å². The fourth-order valence-electron chi connectivity index (χ4n) is 2.03. The molecule has 0 saturated heterocycles. The number of fused-ring (bicyclic) bond motifs is 1. The summed E-state index contributed by atoms with van der Waals surface area (Å²) in [6.07, 6.45) is 1.11. The Labute approximate surface area is 116 Å². The lowest BCUT2D eigenvalue weighted by Gasteiger charge is -1.97. The van der Waals surface area contributed by atoms with Crippen molar-refractivity contribution in [3.63, 3.8) is 0 Å². The molecule has 8 heteroatoms. The molecule has 3 aromatic rings. The molecule has 3 rings (SSSR count). The molecule has 2 heterocycles. The first kappa shape index (κ1) is 12.9. The lowest BCUT2D eigenvalue weighted by Crippen LogP contribution is -1.87. The van der Waals surface area contributed by atoms with E-state index >= 15 is 0 Å². The van der Waals surface area contributed by atoms with Gasteiger partial charge in [-0.1, -0.05) is 0 Å². The van der Waals surface area contributed by atoms with Crippen molar-refractivity contribution in [2.45, 2.75) is 0 Å². The first-order valence-electron chi connectivity index (χ1n) is 5.86. The smallest absolute Gasteiger partial charge is 0.269 e. The van der Waals surface area contributed by atoms with Crippen LogP contribution in [0.3, 0.4) is 0 Å². The summed E-state index contributed by atoms with van der Waals surface area (Å²) in [6.45, 7) is 0. The van der Waals surface area contributed by atoms with Crippen LogP contribution >= 0.6 is 0 Å². The molecule has 0 spiro atoms. The Morgan fingerprint density at radius 2 is 1.90 bits per heavy atom. The van der Waals surface area contributed by atoms with Crippen LogP contribution in [0.2, 0.25) is 0 Å². The number of nitro benzene ring substituents is 1. The zero-order chi connectivity index (χ0) is 15.0. The van der Waals surface area contributed by atoms with E-state index in [-0.39, 0.29) is 17.2 Å². The molecule has 2 aromatic heterocycles. The highest BCUT2D eigenvalue weighted by atomic mass is 19.1. The van der Waals surface area contributed by atoms with Crippen molar-refractivity contribution in [2.24, 2.45) is 5.18 Å². The number of nitro groups is 1. The molecule has 1 aromatic carbocycles. The van der Waals surface area contributed by atoms with Crippen molar-refractivity contribution in [1.82, 2.24) is 9.38 Å². The molecule has 0 aliphatic rings. The maximum absolute atomic E-state index is 13.2. The maximum Gasteiger partial charge on any atom is 0.269 e. The van der Waals surface area contributed by atoms with Crippen LogP contribution in [0.25, 0.3) is 16.9 Å². The van der Waals surface area contributed by atoms with Crippen molar-refractivity contribution < 1.29 is 9.31 Å². The monoisotopic (exact) mass is 286 g/mol. The zero-order valence-corrected chi connectivity index (χ0v) is 10.4. The third kappa shape index (κ3) is 2.12. The first-order valence-corrected chi connectivity index (χ1v) is 5.86. The van der Waals surface area contributed by atoms with E-state index in [2.05, 4.69) is 10.2 Å². The summed E-state index contributed by atoms with van der Waals surface area (Å²) in [5, 5.41) is 13.5. The van der Waals surface area contributed by atoms with Gasteiger partial charge in [-0.25, -0.2) is 9.37 Å². The highest BCUT2D eigenvalue weighted by molar-refractivity contribution is 5.75. The minimum Gasteiger partial charge on any atom is -0.278 e. The quantitative estimate of drug-likeness (QED) is 0.419. The average Bonchev–Trinajstić information content (AvgIpc) is 2.85. The maximum atomic E-state index is 13.2. The number of imidazole rings is 1. The molecular weight excluding hydrogens is 279 g/mol. The molecule has 7 nitrogen and oxygen atoms in total. The van der Waals surface area contributed by atoms with Crippen LogP contribution in [-0.2, 0) is 0 Å². The van der Waals surface area contributed by atoms with Gasteiger partial charge in [0, 0.05) is 23.9 Å². The van der Waals surface area contributed by atoms with Gasteiger partial charge in [-0.2, -0.15) is 0 Å². The summed E-state index contributed by atoms with van der Waals surface area (Å²) in [7, 11) is 0. The van der Waals surface area contributed by atoms with Crippen LogP contribution in [0, 0.1) is 20.8 Å². The second kappa shape index (κ2) is 4.75. The van der Waals surface area contributed by atoms with Crippen molar-refractivity contribution >= 4 is 17.2 Å². The van der Waals surface area contributed by atoms with Crippen molar-refractivity contribution in [3.8, 4) is 11.3 Å². The number of nitrogens with zero attached hydrogens (tertiary/aromatic N) is 4. The van der Waals surface area contributed by atoms with Gasteiger partial charge in [0.25, 0.3) is 5.69 Å². The first-order chi connectivity index (χ1) is 10.1. The average molecular weight is 286 g/mol. The molecule has 0 unspecified atom stereocenters. The number of hydrogen-bond donors (Lipinski definition) is 0. The van der Waals surface area contributed by atoms with Crippen LogP contribution in [0.1, 0.15) is 0 Å². The Morgan fingerprint density at radius 1 is 1.19 bits per heavy atom. The second-order valence-corrected chi connectivity index (χ2v) is 4.25. The predicted molar refractivity (Wildman–Crippen MR) is 72.7 cm³/mol. The Kier molecular flexibility index (Phi) is 2.90. The van der Waals surface area contributed by atoms with Gasteiger partial charge < -0.3 is 0 Å². The van der Waals surface area contributed by atoms with Gasteiger partial charge in [-0.15, -0.1) is 4.91 Å². The zero-order valence-electron chi connectivity index (χ0n) is 10.4. The summed E-state index contributed by atoms with van der Waals surface area (Å²) in [6, 6.07) is 8.16. The van der Waals surface area contributed by atoms with Gasteiger partial charge in [0.05, 0.1) is 4.92 Å². The van der Waals surface area contributed by atoms with Crippen molar-refractivity contribution in [1.29, 1.82) is 0 Å². The third-order valence-electron chi connectivity index (χ3n) is 3.00. The number of rotatable bonds is 3. The van der Waals surface area contributed by atoms with Crippen LogP contribution in [-0.4, -0.2) is 14.3 Å². The molecule has 0 aliphatic heterocycles. The van der Waals surface area contributed by atoms with Crippen LogP contribution < -0.4 is 0 Å². The summed E-state index contributed by atoms with van der Waals surface area (Å²) in [4.78, 5) is 25.3. The summed E-state index contributed by atoms with van der Waals surface area (Å²) in [5.41, 5.74) is 1.01. The van der Waals surface area contributed by atoms with E-state index < -0.39 is 10.7 Å². The van der Waals surface area contributed by atoms with Crippen molar-refractivity contribution in [3.05, 3.63) is 63.4 Å². The van der Waals surface area contributed by atoms with Gasteiger partial charge in [-0.3, -0.25) is 14.5 Å². The van der Waals surface area contributed by atoms with Gasteiger partial charge >= 0.3 is 0 Å². The molecule has 0 bridgehead atoms. The van der Waals surface area contributed by atoms with Gasteiger partial charge in [-0.05, 0) is 29.4 Å². The van der Waals surface area contributed by atoms with E-state index in [1.165, 1.54) is 40.8 Å². The van der Waals surface area contributed by atoms with E-state index in [4.69, 9.17) is 0 Å². The topological polar surface area (TPSA) is 89.9 Å². The molecule has 0 aliphatic carbocycles. The number of hydrogen-bond acceptors (Lipinski definition) is 5. The van der Waals surface area contributed by atoms with Gasteiger partial charge in [0.1, 0.15) is 17.2 Å². The fraction of sp³-hybridized carbons (Fsp3) is 0. The Hall–Kier alpha value is -3.16. The molecular formula is C13H7FN4O3. The Balaban J connectivity index is 2.19. The number of nitroso groups, excluding NO2 is 1. The lowest BCUT2D eigenvalue weighted by molar-refractivity contribution is -0.384. The van der Waals surface area contributed by atoms with Crippen molar-refractivity contribution in [2.75, 3.05) is 0 Å².